The quantitative estimate of drug-likeness (QED) is 0.740. The van der Waals surface area contributed by atoms with Gasteiger partial charge in [-0.05, 0) is 41.8 Å². The molecule has 3 aromatic rings. The van der Waals surface area contributed by atoms with Crippen molar-refractivity contribution in [3.8, 4) is 5.75 Å². The normalized spacial score (nSPS) is 14.0. The van der Waals surface area contributed by atoms with E-state index in [2.05, 4.69) is 0 Å². The molecule has 2 aromatic carbocycles. The van der Waals surface area contributed by atoms with Crippen LogP contribution in [0.1, 0.15) is 11.1 Å². The molecule has 0 radical (unpaired) electrons. The number of rotatable bonds is 1. The monoisotopic (exact) mass is 327 g/mol. The van der Waals surface area contributed by atoms with E-state index < -0.39 is 0 Å². The fourth-order valence-electron chi connectivity index (χ4n) is 3.01. The van der Waals surface area contributed by atoms with Gasteiger partial charge in [0.15, 0.2) is 16.9 Å². The molecule has 1 aliphatic heterocycles. The van der Waals surface area contributed by atoms with Gasteiger partial charge in [0.25, 0.3) is 0 Å². The van der Waals surface area contributed by atoms with E-state index in [1.165, 1.54) is 6.07 Å². The first-order valence-electron chi connectivity index (χ1n) is 7.40. The number of halogens is 1. The zero-order valence-electron chi connectivity index (χ0n) is 12.3. The van der Waals surface area contributed by atoms with E-state index in [9.17, 15) is 9.90 Å². The number of fused-ring (bicyclic) bond motifs is 2. The van der Waals surface area contributed by atoms with Gasteiger partial charge in [0.2, 0.25) is 0 Å². The Morgan fingerprint density at radius 1 is 1.13 bits per heavy atom. The highest BCUT2D eigenvalue weighted by Crippen LogP contribution is 2.29. The van der Waals surface area contributed by atoms with Crippen LogP contribution in [0.5, 0.6) is 5.75 Å². The lowest BCUT2D eigenvalue weighted by molar-refractivity contribution is 0.473. The molecule has 0 unspecified atom stereocenters. The van der Waals surface area contributed by atoms with Crippen LogP contribution in [-0.2, 0) is 13.0 Å². The molecule has 2 heterocycles. The van der Waals surface area contributed by atoms with E-state index in [1.807, 2.05) is 11.0 Å². The lowest BCUT2D eigenvalue weighted by Gasteiger charge is -2.29. The summed E-state index contributed by atoms with van der Waals surface area (Å²) in [6.45, 7) is 1.35. The summed E-state index contributed by atoms with van der Waals surface area (Å²) in [7, 11) is 0. The molecule has 0 aliphatic carbocycles. The summed E-state index contributed by atoms with van der Waals surface area (Å²) >= 11 is 6.16. The third-order valence-electron chi connectivity index (χ3n) is 4.21. The number of phenols is 1. The number of anilines is 1. The Morgan fingerprint density at radius 2 is 2.00 bits per heavy atom. The van der Waals surface area contributed by atoms with Gasteiger partial charge in [-0.1, -0.05) is 23.7 Å². The first-order chi connectivity index (χ1) is 11.1. The topological polar surface area (TPSA) is 53.7 Å². The lowest BCUT2D eigenvalue weighted by Crippen LogP contribution is -2.30. The van der Waals surface area contributed by atoms with Crippen molar-refractivity contribution in [2.75, 3.05) is 11.4 Å². The Hall–Kier alpha value is -2.46. The van der Waals surface area contributed by atoms with Crippen LogP contribution in [0, 0.1) is 0 Å². The van der Waals surface area contributed by atoms with Crippen LogP contribution in [0.3, 0.4) is 0 Å². The van der Waals surface area contributed by atoms with Gasteiger partial charge in [0, 0.05) is 19.2 Å². The first-order valence-corrected chi connectivity index (χ1v) is 7.78. The lowest BCUT2D eigenvalue weighted by atomic mass is 9.99. The third kappa shape index (κ3) is 2.45. The summed E-state index contributed by atoms with van der Waals surface area (Å²) in [5, 5.41) is 10.5. The van der Waals surface area contributed by atoms with Gasteiger partial charge in [-0.15, -0.1) is 0 Å². The van der Waals surface area contributed by atoms with Crippen molar-refractivity contribution in [2.45, 2.75) is 13.0 Å². The van der Waals surface area contributed by atoms with Gasteiger partial charge in [0.1, 0.15) is 5.75 Å². The Kier molecular flexibility index (Phi) is 3.27. The van der Waals surface area contributed by atoms with Crippen LogP contribution in [0.2, 0.25) is 5.02 Å². The molecule has 1 N–H and O–H groups in total. The van der Waals surface area contributed by atoms with Crippen LogP contribution in [0.4, 0.5) is 5.88 Å². The molecule has 1 aliphatic rings. The molecule has 1 aromatic heterocycles. The average molecular weight is 328 g/mol. The van der Waals surface area contributed by atoms with E-state index in [-0.39, 0.29) is 11.2 Å². The molecule has 0 fully saturated rings. The second-order valence-electron chi connectivity index (χ2n) is 5.69. The SMILES string of the molecule is O=c1cc(N2CCc3cc(O)ccc3C2)oc2c(Cl)cccc12. The standard InChI is InChI=1S/C18H14ClNO3/c19-15-3-1-2-14-16(22)9-17(23-18(14)15)20-7-6-11-8-13(21)5-4-12(11)10-20/h1-5,8-9,21H,6-7,10H2. The molecule has 0 spiro atoms. The van der Waals surface area contributed by atoms with Gasteiger partial charge in [-0.25, -0.2) is 0 Å². The molecule has 4 rings (SSSR count). The maximum atomic E-state index is 12.3. The van der Waals surface area contributed by atoms with Crippen LogP contribution in [-0.4, -0.2) is 11.7 Å². The Morgan fingerprint density at radius 3 is 2.87 bits per heavy atom. The predicted molar refractivity (Wildman–Crippen MR) is 90.4 cm³/mol. The summed E-state index contributed by atoms with van der Waals surface area (Å²) in [6.07, 6.45) is 0.786. The third-order valence-corrected chi connectivity index (χ3v) is 4.51. The molecule has 0 saturated carbocycles. The summed E-state index contributed by atoms with van der Waals surface area (Å²) in [5.41, 5.74) is 2.58. The van der Waals surface area contributed by atoms with Gasteiger partial charge in [-0.2, -0.15) is 0 Å². The number of hydrogen-bond acceptors (Lipinski definition) is 4. The largest absolute Gasteiger partial charge is 0.508 e. The first kappa shape index (κ1) is 14.2. The van der Waals surface area contributed by atoms with E-state index in [0.717, 1.165) is 24.1 Å². The molecule has 0 bridgehead atoms. The van der Waals surface area contributed by atoms with Crippen molar-refractivity contribution in [3.63, 3.8) is 0 Å². The minimum Gasteiger partial charge on any atom is -0.508 e. The zero-order valence-corrected chi connectivity index (χ0v) is 13.0. The van der Waals surface area contributed by atoms with Crippen LogP contribution in [0.25, 0.3) is 11.0 Å². The van der Waals surface area contributed by atoms with Crippen molar-refractivity contribution in [3.05, 3.63) is 68.8 Å². The number of nitrogens with zero attached hydrogens (tertiary/aromatic N) is 1. The number of hydrogen-bond donors (Lipinski definition) is 1. The highest BCUT2D eigenvalue weighted by Gasteiger charge is 2.20. The Bertz CT molecular complexity index is 964. The van der Waals surface area contributed by atoms with E-state index >= 15 is 0 Å². The second-order valence-corrected chi connectivity index (χ2v) is 6.10. The van der Waals surface area contributed by atoms with Crippen molar-refractivity contribution >= 4 is 28.5 Å². The van der Waals surface area contributed by atoms with Crippen molar-refractivity contribution < 1.29 is 9.52 Å². The molecule has 5 heteroatoms. The van der Waals surface area contributed by atoms with Crippen molar-refractivity contribution in [1.29, 1.82) is 0 Å². The predicted octanol–water partition coefficient (Wildman–Crippen LogP) is 3.71. The molecule has 23 heavy (non-hydrogen) atoms. The fourth-order valence-corrected chi connectivity index (χ4v) is 3.23. The van der Waals surface area contributed by atoms with Crippen molar-refractivity contribution in [1.82, 2.24) is 0 Å². The minimum absolute atomic E-state index is 0.0970. The maximum Gasteiger partial charge on any atom is 0.200 e. The average Bonchev–Trinajstić information content (AvgIpc) is 2.55. The van der Waals surface area contributed by atoms with E-state index in [0.29, 0.717) is 28.4 Å². The molecule has 0 amide bonds. The van der Waals surface area contributed by atoms with Crippen LogP contribution < -0.4 is 10.3 Å². The van der Waals surface area contributed by atoms with Crippen LogP contribution in [0.15, 0.2) is 51.7 Å². The smallest absolute Gasteiger partial charge is 0.200 e. The van der Waals surface area contributed by atoms with Crippen molar-refractivity contribution in [2.24, 2.45) is 0 Å². The number of aromatic hydroxyl groups is 1. The van der Waals surface area contributed by atoms with E-state index in [4.69, 9.17) is 16.0 Å². The summed E-state index contributed by atoms with van der Waals surface area (Å²) in [5.74, 6) is 0.801. The Balaban J connectivity index is 1.77. The van der Waals surface area contributed by atoms with Gasteiger partial charge in [0.05, 0.1) is 10.4 Å². The molecular formula is C18H14ClNO3. The van der Waals surface area contributed by atoms with Gasteiger partial charge < -0.3 is 14.4 Å². The Labute approximate surface area is 137 Å². The fraction of sp³-hybridized carbons (Fsp3) is 0.167. The zero-order chi connectivity index (χ0) is 16.0. The van der Waals surface area contributed by atoms with E-state index in [1.54, 1.807) is 30.3 Å². The molecule has 116 valence electrons. The number of para-hydroxylation sites is 1. The highest BCUT2D eigenvalue weighted by atomic mass is 35.5. The highest BCUT2D eigenvalue weighted by molar-refractivity contribution is 6.34. The van der Waals surface area contributed by atoms with Crippen LogP contribution >= 0.6 is 11.6 Å². The summed E-state index contributed by atoms with van der Waals surface area (Å²) < 4.78 is 5.90. The summed E-state index contributed by atoms with van der Waals surface area (Å²) in [4.78, 5) is 14.3. The summed E-state index contributed by atoms with van der Waals surface area (Å²) in [6, 6.07) is 12.1. The van der Waals surface area contributed by atoms with Gasteiger partial charge >= 0.3 is 0 Å². The molecular weight excluding hydrogens is 314 g/mol. The maximum absolute atomic E-state index is 12.3. The minimum atomic E-state index is -0.0970. The number of phenolic OH excluding ortho intramolecular Hbond substituents is 1. The molecule has 0 atom stereocenters. The number of benzene rings is 2. The molecule has 0 saturated heterocycles. The second kappa shape index (κ2) is 5.32. The van der Waals surface area contributed by atoms with Gasteiger partial charge in [-0.3, -0.25) is 4.79 Å². The molecule has 4 nitrogen and oxygen atoms in total.